The van der Waals surface area contributed by atoms with Crippen molar-refractivity contribution in [3.8, 4) is 5.88 Å². The van der Waals surface area contributed by atoms with Crippen LogP contribution >= 0.6 is 11.6 Å². The molecule has 0 spiro atoms. The van der Waals surface area contributed by atoms with Gasteiger partial charge in [-0.3, -0.25) is 5.10 Å². The summed E-state index contributed by atoms with van der Waals surface area (Å²) in [4.78, 5) is 8.24. The summed E-state index contributed by atoms with van der Waals surface area (Å²) in [5, 5.41) is 7.71. The Morgan fingerprint density at radius 3 is 3.00 bits per heavy atom. The molecule has 2 aromatic rings. The molecular weight excluding hydrogens is 252 g/mol. The zero-order valence-electron chi connectivity index (χ0n) is 10.2. The van der Waals surface area contributed by atoms with Gasteiger partial charge in [-0.1, -0.05) is 13.3 Å². The third kappa shape index (κ3) is 2.14. The lowest BCUT2D eigenvalue weighted by atomic mass is 9.88. The van der Waals surface area contributed by atoms with Gasteiger partial charge in [-0.25, -0.2) is 0 Å². The quantitative estimate of drug-likeness (QED) is 0.849. The molecule has 0 aromatic carbocycles. The second kappa shape index (κ2) is 4.72. The zero-order chi connectivity index (χ0) is 12.5. The molecule has 1 aliphatic rings. The first kappa shape index (κ1) is 11.7. The molecule has 0 radical (unpaired) electrons. The number of nitrogens with one attached hydrogen (secondary N) is 1. The van der Waals surface area contributed by atoms with Gasteiger partial charge in [0.2, 0.25) is 11.2 Å². The maximum atomic E-state index is 6.02. The van der Waals surface area contributed by atoms with Crippen LogP contribution in [-0.2, 0) is 0 Å². The maximum Gasteiger partial charge on any atom is 0.229 e. The van der Waals surface area contributed by atoms with Gasteiger partial charge in [-0.2, -0.15) is 15.1 Å². The molecule has 96 valence electrons. The zero-order valence-corrected chi connectivity index (χ0v) is 10.9. The minimum Gasteiger partial charge on any atom is -0.473 e. The minimum absolute atomic E-state index is 0.185. The van der Waals surface area contributed by atoms with E-state index in [2.05, 4.69) is 27.1 Å². The van der Waals surface area contributed by atoms with E-state index >= 15 is 0 Å². The van der Waals surface area contributed by atoms with E-state index in [4.69, 9.17) is 16.3 Å². The average molecular weight is 267 g/mol. The van der Waals surface area contributed by atoms with Crippen LogP contribution < -0.4 is 4.74 Å². The summed E-state index contributed by atoms with van der Waals surface area (Å²) in [6.07, 6.45) is 6.66. The van der Waals surface area contributed by atoms with Crippen molar-refractivity contribution in [3.63, 3.8) is 0 Å². The number of hydrogen-bond donors (Lipinski definition) is 1. The van der Waals surface area contributed by atoms with E-state index in [0.717, 1.165) is 11.8 Å². The molecule has 1 fully saturated rings. The van der Waals surface area contributed by atoms with Gasteiger partial charge in [-0.15, -0.1) is 0 Å². The molecule has 6 heteroatoms. The molecule has 1 aliphatic carbocycles. The van der Waals surface area contributed by atoms with Crippen molar-refractivity contribution in [3.05, 3.63) is 11.5 Å². The van der Waals surface area contributed by atoms with E-state index in [1.807, 2.05) is 0 Å². The van der Waals surface area contributed by atoms with Crippen molar-refractivity contribution in [1.82, 2.24) is 20.2 Å². The summed E-state index contributed by atoms with van der Waals surface area (Å²) in [5.41, 5.74) is 0.619. The van der Waals surface area contributed by atoms with Crippen LogP contribution in [0.25, 0.3) is 11.0 Å². The molecule has 18 heavy (non-hydrogen) atoms. The van der Waals surface area contributed by atoms with Gasteiger partial charge in [0.05, 0.1) is 6.20 Å². The third-order valence-corrected chi connectivity index (χ3v) is 3.71. The van der Waals surface area contributed by atoms with Crippen LogP contribution in [0, 0.1) is 5.92 Å². The summed E-state index contributed by atoms with van der Waals surface area (Å²) in [6.45, 7) is 2.22. The topological polar surface area (TPSA) is 63.7 Å². The van der Waals surface area contributed by atoms with Crippen molar-refractivity contribution in [2.24, 2.45) is 5.92 Å². The summed E-state index contributed by atoms with van der Waals surface area (Å²) in [6, 6.07) is 0. The molecular formula is C12H15ClN4O. The highest BCUT2D eigenvalue weighted by molar-refractivity contribution is 6.28. The van der Waals surface area contributed by atoms with Crippen LogP contribution in [0.15, 0.2) is 6.20 Å². The SMILES string of the molecule is CC1CCCCC1Oc1nc(Cl)nc2[nH]ncc12. The van der Waals surface area contributed by atoms with E-state index in [9.17, 15) is 0 Å². The number of fused-ring (bicyclic) bond motifs is 1. The van der Waals surface area contributed by atoms with Gasteiger partial charge in [0.25, 0.3) is 0 Å². The van der Waals surface area contributed by atoms with E-state index in [1.165, 1.54) is 19.3 Å². The molecule has 1 N–H and O–H groups in total. The van der Waals surface area contributed by atoms with Crippen LogP contribution in [-0.4, -0.2) is 26.3 Å². The van der Waals surface area contributed by atoms with Gasteiger partial charge in [0.15, 0.2) is 5.65 Å². The number of aromatic amines is 1. The molecule has 1 saturated carbocycles. The Bertz CT molecular complexity index is 556. The molecule has 2 heterocycles. The van der Waals surface area contributed by atoms with Crippen molar-refractivity contribution in [2.45, 2.75) is 38.7 Å². The Labute approximate surface area is 110 Å². The fraction of sp³-hybridized carbons (Fsp3) is 0.583. The Kier molecular flexibility index (Phi) is 3.07. The minimum atomic E-state index is 0.185. The summed E-state index contributed by atoms with van der Waals surface area (Å²) in [5.74, 6) is 1.09. The molecule has 2 aromatic heterocycles. The molecule has 0 aliphatic heterocycles. The second-order valence-electron chi connectivity index (χ2n) is 4.85. The lowest BCUT2D eigenvalue weighted by molar-refractivity contribution is 0.0993. The van der Waals surface area contributed by atoms with Crippen molar-refractivity contribution in [1.29, 1.82) is 0 Å². The highest BCUT2D eigenvalue weighted by atomic mass is 35.5. The van der Waals surface area contributed by atoms with E-state index < -0.39 is 0 Å². The predicted molar refractivity (Wildman–Crippen MR) is 68.7 cm³/mol. The van der Waals surface area contributed by atoms with Crippen LogP contribution in [0.5, 0.6) is 5.88 Å². The monoisotopic (exact) mass is 266 g/mol. The molecule has 0 bridgehead atoms. The third-order valence-electron chi connectivity index (χ3n) is 3.54. The number of ether oxygens (including phenoxy) is 1. The summed E-state index contributed by atoms with van der Waals surface area (Å²) in [7, 11) is 0. The second-order valence-corrected chi connectivity index (χ2v) is 5.19. The van der Waals surface area contributed by atoms with Crippen LogP contribution in [0.1, 0.15) is 32.6 Å². The van der Waals surface area contributed by atoms with Gasteiger partial charge < -0.3 is 4.74 Å². The molecule has 2 unspecified atom stereocenters. The number of halogens is 1. The molecule has 0 amide bonds. The van der Waals surface area contributed by atoms with Gasteiger partial charge in [0.1, 0.15) is 11.5 Å². The first-order valence-electron chi connectivity index (χ1n) is 6.27. The molecule has 2 atom stereocenters. The normalized spacial score (nSPS) is 24.3. The highest BCUT2D eigenvalue weighted by Crippen LogP contribution is 2.30. The van der Waals surface area contributed by atoms with Crippen molar-refractivity contribution < 1.29 is 4.74 Å². The fourth-order valence-electron chi connectivity index (χ4n) is 2.47. The standard InChI is InChI=1S/C12H15ClN4O/c1-7-4-2-3-5-9(7)18-11-8-6-14-17-10(8)15-12(13)16-11/h6-7,9H,2-5H2,1H3,(H,14,15,16,17). The van der Waals surface area contributed by atoms with Crippen LogP contribution in [0.4, 0.5) is 0 Å². The number of aromatic nitrogens is 4. The van der Waals surface area contributed by atoms with E-state index in [-0.39, 0.29) is 11.4 Å². The number of H-pyrrole nitrogens is 1. The fourth-order valence-corrected chi connectivity index (χ4v) is 2.63. The van der Waals surface area contributed by atoms with Gasteiger partial charge in [-0.05, 0) is 36.8 Å². The average Bonchev–Trinajstić information content (AvgIpc) is 2.80. The van der Waals surface area contributed by atoms with Crippen LogP contribution in [0.3, 0.4) is 0 Å². The van der Waals surface area contributed by atoms with Crippen molar-refractivity contribution in [2.75, 3.05) is 0 Å². The highest BCUT2D eigenvalue weighted by Gasteiger charge is 2.24. The molecule has 5 nitrogen and oxygen atoms in total. The van der Waals surface area contributed by atoms with Crippen LogP contribution in [0.2, 0.25) is 5.28 Å². The number of nitrogens with zero attached hydrogens (tertiary/aromatic N) is 3. The molecule has 3 rings (SSSR count). The van der Waals surface area contributed by atoms with E-state index in [0.29, 0.717) is 17.4 Å². The summed E-state index contributed by atoms with van der Waals surface area (Å²) < 4.78 is 6.02. The lowest BCUT2D eigenvalue weighted by Crippen LogP contribution is -2.28. The summed E-state index contributed by atoms with van der Waals surface area (Å²) >= 11 is 5.88. The lowest BCUT2D eigenvalue weighted by Gasteiger charge is -2.28. The Balaban J connectivity index is 1.91. The largest absolute Gasteiger partial charge is 0.473 e. The molecule has 0 saturated heterocycles. The van der Waals surface area contributed by atoms with Gasteiger partial charge >= 0.3 is 0 Å². The van der Waals surface area contributed by atoms with Crippen molar-refractivity contribution >= 4 is 22.6 Å². The smallest absolute Gasteiger partial charge is 0.229 e. The maximum absolute atomic E-state index is 6.02. The predicted octanol–water partition coefficient (Wildman–Crippen LogP) is 2.96. The first-order chi connectivity index (χ1) is 8.74. The number of rotatable bonds is 2. The number of hydrogen-bond acceptors (Lipinski definition) is 4. The van der Waals surface area contributed by atoms with Gasteiger partial charge in [0, 0.05) is 0 Å². The Morgan fingerprint density at radius 1 is 1.33 bits per heavy atom. The Hall–Kier alpha value is -1.36. The van der Waals surface area contributed by atoms with E-state index in [1.54, 1.807) is 6.20 Å². The Morgan fingerprint density at radius 2 is 2.17 bits per heavy atom. The first-order valence-corrected chi connectivity index (χ1v) is 6.65.